The molecule has 2 heteroatoms. The Morgan fingerprint density at radius 3 is 2.69 bits per heavy atom. The third kappa shape index (κ3) is 2.50. The van der Waals surface area contributed by atoms with E-state index in [9.17, 15) is 4.79 Å². The average Bonchev–Trinajstić information content (AvgIpc) is 2.38. The van der Waals surface area contributed by atoms with Crippen molar-refractivity contribution in [3.8, 4) is 0 Å². The minimum atomic E-state index is 0.596. The van der Waals surface area contributed by atoms with Gasteiger partial charge in [-0.25, -0.2) is 4.79 Å². The Kier molecular flexibility index (Phi) is 3.37. The molecule has 0 unspecified atom stereocenters. The molecule has 0 bridgehead atoms. The fourth-order valence-corrected chi connectivity index (χ4v) is 1.66. The van der Waals surface area contributed by atoms with E-state index in [1.807, 2.05) is 47.4 Å². The first-order valence-electron chi connectivity index (χ1n) is 5.31. The number of allylic oxidation sites excluding steroid dienone is 3. The van der Waals surface area contributed by atoms with E-state index in [0.717, 1.165) is 13.0 Å². The van der Waals surface area contributed by atoms with Crippen LogP contribution in [-0.2, 0) is 11.2 Å². The number of carbonyl (C=O) groups excluding carboxylic acids is 1. The lowest BCUT2D eigenvalue weighted by Gasteiger charge is -2.20. The molecule has 1 aromatic rings. The lowest BCUT2D eigenvalue weighted by atomic mass is 10.1. The molecule has 0 amide bonds. The minimum Gasteiger partial charge on any atom is -0.339 e. The van der Waals surface area contributed by atoms with E-state index in [1.54, 1.807) is 6.08 Å². The number of rotatable bonds is 3. The van der Waals surface area contributed by atoms with Crippen LogP contribution in [0.3, 0.4) is 0 Å². The Hall–Kier alpha value is -2.05. The van der Waals surface area contributed by atoms with Crippen molar-refractivity contribution >= 4 is 5.94 Å². The predicted molar refractivity (Wildman–Crippen MR) is 64.3 cm³/mol. The summed E-state index contributed by atoms with van der Waals surface area (Å²) in [6.07, 6.45) is 8.37. The van der Waals surface area contributed by atoms with Gasteiger partial charge in [-0.3, -0.25) is 0 Å². The molecule has 0 aliphatic carbocycles. The summed E-state index contributed by atoms with van der Waals surface area (Å²) in [7, 11) is 0. The van der Waals surface area contributed by atoms with Crippen LogP contribution in [0.15, 0.2) is 60.5 Å². The molecule has 0 aromatic heterocycles. The van der Waals surface area contributed by atoms with E-state index in [2.05, 4.69) is 12.1 Å². The zero-order valence-electron chi connectivity index (χ0n) is 8.97. The highest BCUT2D eigenvalue weighted by Crippen LogP contribution is 2.10. The van der Waals surface area contributed by atoms with Crippen molar-refractivity contribution in [2.75, 3.05) is 6.54 Å². The second-order valence-electron chi connectivity index (χ2n) is 3.62. The van der Waals surface area contributed by atoms with Crippen LogP contribution >= 0.6 is 0 Å². The van der Waals surface area contributed by atoms with Gasteiger partial charge in [0.25, 0.3) is 0 Å². The smallest absolute Gasteiger partial charge is 0.150 e. The Labute approximate surface area is 95.2 Å². The van der Waals surface area contributed by atoms with Gasteiger partial charge in [0.2, 0.25) is 0 Å². The van der Waals surface area contributed by atoms with Crippen LogP contribution in [-0.4, -0.2) is 17.4 Å². The second kappa shape index (κ2) is 5.15. The highest BCUT2D eigenvalue weighted by atomic mass is 16.1. The topological polar surface area (TPSA) is 20.3 Å². The monoisotopic (exact) mass is 211 g/mol. The highest BCUT2D eigenvalue weighted by molar-refractivity contribution is 5.58. The van der Waals surface area contributed by atoms with Gasteiger partial charge in [-0.05, 0) is 24.1 Å². The first kappa shape index (κ1) is 10.5. The van der Waals surface area contributed by atoms with Gasteiger partial charge in [-0.1, -0.05) is 36.4 Å². The number of hydrogen-bond donors (Lipinski definition) is 0. The molecule has 0 fully saturated rings. The van der Waals surface area contributed by atoms with Gasteiger partial charge in [-0.15, -0.1) is 0 Å². The molecule has 0 saturated heterocycles. The molecular weight excluding hydrogens is 198 g/mol. The lowest BCUT2D eigenvalue weighted by molar-refractivity contribution is 0.475. The first-order valence-corrected chi connectivity index (χ1v) is 5.31. The predicted octanol–water partition coefficient (Wildman–Crippen LogP) is 2.33. The van der Waals surface area contributed by atoms with E-state index < -0.39 is 0 Å². The molecule has 0 N–H and O–H groups in total. The molecule has 1 aromatic carbocycles. The van der Waals surface area contributed by atoms with Crippen LogP contribution in [0.5, 0.6) is 0 Å². The van der Waals surface area contributed by atoms with Crippen molar-refractivity contribution in [1.82, 2.24) is 4.90 Å². The Morgan fingerprint density at radius 2 is 1.94 bits per heavy atom. The van der Waals surface area contributed by atoms with Crippen LogP contribution in [0.2, 0.25) is 0 Å². The van der Waals surface area contributed by atoms with Gasteiger partial charge in [-0.2, -0.15) is 0 Å². The van der Waals surface area contributed by atoms with Crippen LogP contribution < -0.4 is 0 Å². The minimum absolute atomic E-state index is 0.596. The van der Waals surface area contributed by atoms with Crippen molar-refractivity contribution in [3.05, 3.63) is 66.0 Å². The van der Waals surface area contributed by atoms with Crippen molar-refractivity contribution in [2.24, 2.45) is 0 Å². The quantitative estimate of drug-likeness (QED) is 0.715. The van der Waals surface area contributed by atoms with E-state index in [0.29, 0.717) is 5.70 Å². The number of hydrogen-bond acceptors (Lipinski definition) is 2. The molecule has 0 atom stereocenters. The third-order valence-corrected chi connectivity index (χ3v) is 2.53. The summed E-state index contributed by atoms with van der Waals surface area (Å²) in [6, 6.07) is 10.2. The lowest BCUT2D eigenvalue weighted by Crippen LogP contribution is -2.20. The van der Waals surface area contributed by atoms with Gasteiger partial charge in [0.05, 0.1) is 0 Å². The van der Waals surface area contributed by atoms with E-state index in [1.165, 1.54) is 5.56 Å². The Morgan fingerprint density at radius 1 is 1.12 bits per heavy atom. The molecule has 0 saturated carbocycles. The van der Waals surface area contributed by atoms with E-state index >= 15 is 0 Å². The average molecular weight is 211 g/mol. The molecule has 0 spiro atoms. The van der Waals surface area contributed by atoms with Crippen LogP contribution in [0.25, 0.3) is 0 Å². The summed E-state index contributed by atoms with van der Waals surface area (Å²) >= 11 is 0. The molecule has 0 radical (unpaired) electrons. The summed E-state index contributed by atoms with van der Waals surface area (Å²) in [6.45, 7) is 0.801. The fraction of sp³-hybridized carbons (Fsp3) is 0.143. The summed E-state index contributed by atoms with van der Waals surface area (Å²) in [5.41, 5.74) is 1.87. The molecule has 1 aliphatic heterocycles. The molecule has 1 heterocycles. The highest BCUT2D eigenvalue weighted by Gasteiger charge is 2.07. The van der Waals surface area contributed by atoms with Crippen LogP contribution in [0, 0.1) is 0 Å². The maximum absolute atomic E-state index is 10.7. The zero-order chi connectivity index (χ0) is 11.2. The number of nitrogens with zero attached hydrogens (tertiary/aromatic N) is 1. The summed E-state index contributed by atoms with van der Waals surface area (Å²) in [5, 5.41) is 0. The summed E-state index contributed by atoms with van der Waals surface area (Å²) in [5.74, 6) is 1.94. The molecule has 2 rings (SSSR count). The van der Waals surface area contributed by atoms with Gasteiger partial charge in [0, 0.05) is 12.7 Å². The van der Waals surface area contributed by atoms with Gasteiger partial charge in [0.1, 0.15) is 5.70 Å². The van der Waals surface area contributed by atoms with Crippen LogP contribution in [0.1, 0.15) is 5.56 Å². The molecular formula is C14H13NO. The van der Waals surface area contributed by atoms with Gasteiger partial charge in [0.15, 0.2) is 5.94 Å². The van der Waals surface area contributed by atoms with Crippen molar-refractivity contribution in [2.45, 2.75) is 6.42 Å². The van der Waals surface area contributed by atoms with E-state index in [4.69, 9.17) is 0 Å². The maximum atomic E-state index is 10.7. The normalized spacial score (nSPS) is 14.0. The van der Waals surface area contributed by atoms with Crippen molar-refractivity contribution < 1.29 is 4.79 Å². The molecule has 1 aliphatic rings. The first-order chi connectivity index (χ1) is 7.90. The van der Waals surface area contributed by atoms with Crippen molar-refractivity contribution in [3.63, 3.8) is 0 Å². The van der Waals surface area contributed by atoms with Crippen LogP contribution in [0.4, 0.5) is 0 Å². The van der Waals surface area contributed by atoms with Gasteiger partial charge < -0.3 is 4.90 Å². The van der Waals surface area contributed by atoms with Crippen molar-refractivity contribution in [1.29, 1.82) is 0 Å². The molecule has 2 nitrogen and oxygen atoms in total. The summed E-state index contributed by atoms with van der Waals surface area (Å²) < 4.78 is 0. The SMILES string of the molecule is O=C=C1C=CC=CN1CCc1ccccc1. The molecule has 80 valence electrons. The Bertz CT molecular complexity index is 453. The zero-order valence-corrected chi connectivity index (χ0v) is 8.97. The third-order valence-electron chi connectivity index (χ3n) is 2.53. The van der Waals surface area contributed by atoms with Gasteiger partial charge >= 0.3 is 0 Å². The standard InChI is InChI=1S/C14H13NO/c16-12-14-8-4-5-10-15(14)11-9-13-6-2-1-3-7-13/h1-8,10H,9,11H2. The number of benzene rings is 1. The Balaban J connectivity index is 1.98. The van der Waals surface area contributed by atoms with E-state index in [-0.39, 0.29) is 0 Å². The summed E-state index contributed by atoms with van der Waals surface area (Å²) in [4.78, 5) is 12.6. The largest absolute Gasteiger partial charge is 0.339 e. The maximum Gasteiger partial charge on any atom is 0.150 e. The molecule has 16 heavy (non-hydrogen) atoms. The second-order valence-corrected chi connectivity index (χ2v) is 3.62. The fourth-order valence-electron chi connectivity index (χ4n) is 1.66.